The maximum absolute atomic E-state index is 6.16. The van der Waals surface area contributed by atoms with Gasteiger partial charge >= 0.3 is 0 Å². The number of benzene rings is 2. The van der Waals surface area contributed by atoms with E-state index in [-0.39, 0.29) is 24.0 Å². The van der Waals surface area contributed by atoms with Crippen LogP contribution in [0.3, 0.4) is 0 Å². The van der Waals surface area contributed by atoms with Gasteiger partial charge in [0.05, 0.1) is 12.9 Å². The number of rotatable bonds is 7. The fourth-order valence-electron chi connectivity index (χ4n) is 3.89. The van der Waals surface area contributed by atoms with Crippen molar-refractivity contribution in [1.29, 1.82) is 0 Å². The van der Waals surface area contributed by atoms with Crippen LogP contribution in [0.1, 0.15) is 24.5 Å². The molecule has 170 valence electrons. The first-order valence-corrected chi connectivity index (χ1v) is 11.2. The lowest BCUT2D eigenvalue weighted by Gasteiger charge is -2.20. The summed E-state index contributed by atoms with van der Waals surface area (Å²) in [5.41, 5.74) is 3.62. The Morgan fingerprint density at radius 2 is 2.03 bits per heavy atom. The highest BCUT2D eigenvalue weighted by Gasteiger charge is 2.23. The number of anilines is 1. The fraction of sp³-hybridized carbons (Fsp3) is 0.333. The van der Waals surface area contributed by atoms with Gasteiger partial charge in [-0.2, -0.15) is 0 Å². The minimum Gasteiger partial charge on any atom is -0.369 e. The van der Waals surface area contributed by atoms with Crippen LogP contribution in [-0.4, -0.2) is 41.2 Å². The second-order valence-electron chi connectivity index (χ2n) is 7.81. The summed E-state index contributed by atoms with van der Waals surface area (Å²) in [6.45, 7) is 6.32. The van der Waals surface area contributed by atoms with Crippen molar-refractivity contribution < 1.29 is 0 Å². The summed E-state index contributed by atoms with van der Waals surface area (Å²) >= 11 is 6.16. The third kappa shape index (κ3) is 6.87. The lowest BCUT2D eigenvalue weighted by atomic mass is 10.1. The van der Waals surface area contributed by atoms with Crippen molar-refractivity contribution in [2.45, 2.75) is 32.5 Å². The number of nitrogens with one attached hydrogen (secondary N) is 2. The van der Waals surface area contributed by atoms with E-state index in [2.05, 4.69) is 62.3 Å². The maximum atomic E-state index is 6.16. The van der Waals surface area contributed by atoms with E-state index in [0.29, 0.717) is 12.6 Å². The third-order valence-corrected chi connectivity index (χ3v) is 5.62. The zero-order valence-corrected chi connectivity index (χ0v) is 21.3. The van der Waals surface area contributed by atoms with Crippen LogP contribution in [-0.2, 0) is 13.1 Å². The van der Waals surface area contributed by atoms with Crippen LogP contribution in [0.2, 0.25) is 5.02 Å². The average Bonchev–Trinajstić information content (AvgIpc) is 3.45. The lowest BCUT2D eigenvalue weighted by molar-refractivity contribution is 0.649. The molecule has 0 radical (unpaired) electrons. The first kappa shape index (κ1) is 24.4. The van der Waals surface area contributed by atoms with Gasteiger partial charge in [0.25, 0.3) is 0 Å². The molecule has 0 aliphatic carbocycles. The summed E-state index contributed by atoms with van der Waals surface area (Å²) in [6.07, 6.45) is 6.69. The standard InChI is InChI=1S/C24H29ClN6.HI/c1-2-27-24(29-22-9-11-31(17-22)23-8-4-7-21(25)14-23)28-15-19-5-3-6-20(13-19)16-30-12-10-26-18-30;/h3-8,10,12-14,18,22H,2,9,11,15-17H2,1H3,(H2,27,28,29);1H. The Morgan fingerprint density at radius 3 is 2.81 bits per heavy atom. The average molecular weight is 565 g/mol. The van der Waals surface area contributed by atoms with Gasteiger partial charge in [-0.1, -0.05) is 41.9 Å². The Bertz CT molecular complexity index is 1010. The molecule has 1 aliphatic rings. The lowest BCUT2D eigenvalue weighted by Crippen LogP contribution is -2.44. The number of aromatic nitrogens is 2. The quantitative estimate of drug-likeness (QED) is 0.251. The van der Waals surface area contributed by atoms with Gasteiger partial charge in [-0.3, -0.25) is 0 Å². The van der Waals surface area contributed by atoms with Crippen molar-refractivity contribution in [3.63, 3.8) is 0 Å². The van der Waals surface area contributed by atoms with Crippen LogP contribution in [0.25, 0.3) is 0 Å². The summed E-state index contributed by atoms with van der Waals surface area (Å²) < 4.78 is 2.07. The van der Waals surface area contributed by atoms with Crippen molar-refractivity contribution in [1.82, 2.24) is 20.2 Å². The monoisotopic (exact) mass is 564 g/mol. The fourth-order valence-corrected chi connectivity index (χ4v) is 4.07. The van der Waals surface area contributed by atoms with Gasteiger partial charge in [0.1, 0.15) is 0 Å². The molecule has 2 N–H and O–H groups in total. The smallest absolute Gasteiger partial charge is 0.191 e. The van der Waals surface area contributed by atoms with Crippen LogP contribution in [0.5, 0.6) is 0 Å². The van der Waals surface area contributed by atoms with E-state index < -0.39 is 0 Å². The SMILES string of the molecule is CCNC(=NCc1cccc(Cn2ccnc2)c1)NC1CCN(c2cccc(Cl)c2)C1.I. The van der Waals surface area contributed by atoms with Crippen LogP contribution in [0, 0.1) is 0 Å². The largest absolute Gasteiger partial charge is 0.369 e. The molecule has 0 amide bonds. The minimum absolute atomic E-state index is 0. The Kier molecular flexibility index (Phi) is 9.23. The van der Waals surface area contributed by atoms with E-state index in [4.69, 9.17) is 16.6 Å². The number of hydrogen-bond donors (Lipinski definition) is 2. The van der Waals surface area contributed by atoms with Crippen molar-refractivity contribution in [3.05, 3.63) is 83.4 Å². The van der Waals surface area contributed by atoms with Crippen LogP contribution >= 0.6 is 35.6 Å². The zero-order chi connectivity index (χ0) is 21.5. The van der Waals surface area contributed by atoms with Crippen molar-refractivity contribution in [3.8, 4) is 0 Å². The molecule has 0 bridgehead atoms. The molecule has 1 aromatic heterocycles. The Balaban J connectivity index is 0.00000289. The predicted octanol–water partition coefficient (Wildman–Crippen LogP) is 4.54. The first-order valence-electron chi connectivity index (χ1n) is 10.8. The Hall–Kier alpha value is -2.26. The van der Waals surface area contributed by atoms with E-state index in [1.54, 1.807) is 6.20 Å². The molecule has 6 nitrogen and oxygen atoms in total. The Morgan fingerprint density at radius 1 is 1.19 bits per heavy atom. The number of guanidine groups is 1. The molecule has 2 aromatic carbocycles. The van der Waals surface area contributed by atoms with Crippen LogP contribution < -0.4 is 15.5 Å². The third-order valence-electron chi connectivity index (χ3n) is 5.38. The molecular formula is C24H30ClIN6. The molecule has 1 saturated heterocycles. The van der Waals surface area contributed by atoms with Gasteiger partial charge in [0, 0.05) is 55.3 Å². The number of halogens is 2. The van der Waals surface area contributed by atoms with Crippen molar-refractivity contribution >= 4 is 47.2 Å². The van der Waals surface area contributed by atoms with E-state index in [0.717, 1.165) is 43.6 Å². The first-order chi connectivity index (χ1) is 15.2. The van der Waals surface area contributed by atoms with E-state index in [1.807, 2.05) is 30.7 Å². The summed E-state index contributed by atoms with van der Waals surface area (Å²) in [6, 6.07) is 17.0. The minimum atomic E-state index is 0. The van der Waals surface area contributed by atoms with Crippen LogP contribution in [0.15, 0.2) is 72.2 Å². The number of imidazole rings is 1. The topological polar surface area (TPSA) is 57.5 Å². The normalized spacial score (nSPS) is 16.0. The Labute approximate surface area is 212 Å². The van der Waals surface area contributed by atoms with Gasteiger partial charge < -0.3 is 20.1 Å². The second-order valence-corrected chi connectivity index (χ2v) is 8.24. The van der Waals surface area contributed by atoms with Gasteiger partial charge in [0.15, 0.2) is 5.96 Å². The second kappa shape index (κ2) is 12.1. The van der Waals surface area contributed by atoms with Gasteiger partial charge in [-0.25, -0.2) is 9.98 Å². The summed E-state index contributed by atoms with van der Waals surface area (Å²) in [7, 11) is 0. The molecule has 8 heteroatoms. The van der Waals surface area contributed by atoms with Crippen molar-refractivity contribution in [2.75, 3.05) is 24.5 Å². The molecule has 0 saturated carbocycles. The number of nitrogens with zero attached hydrogens (tertiary/aromatic N) is 4. The van der Waals surface area contributed by atoms with E-state index in [1.165, 1.54) is 16.8 Å². The zero-order valence-electron chi connectivity index (χ0n) is 18.2. The molecule has 3 aromatic rings. The van der Waals surface area contributed by atoms with E-state index in [9.17, 15) is 0 Å². The molecule has 4 rings (SSSR count). The highest BCUT2D eigenvalue weighted by atomic mass is 127. The molecule has 1 aliphatic heterocycles. The molecule has 1 atom stereocenters. The number of hydrogen-bond acceptors (Lipinski definition) is 3. The molecule has 32 heavy (non-hydrogen) atoms. The molecule has 0 spiro atoms. The molecule has 1 fully saturated rings. The van der Waals surface area contributed by atoms with Crippen LogP contribution in [0.4, 0.5) is 5.69 Å². The number of aliphatic imine (C=N–C) groups is 1. The van der Waals surface area contributed by atoms with Gasteiger partial charge in [-0.05, 0) is 42.7 Å². The molecule has 2 heterocycles. The maximum Gasteiger partial charge on any atom is 0.191 e. The highest BCUT2D eigenvalue weighted by Crippen LogP contribution is 2.23. The molecular weight excluding hydrogens is 535 g/mol. The molecule has 1 unspecified atom stereocenters. The summed E-state index contributed by atoms with van der Waals surface area (Å²) in [5.74, 6) is 0.862. The summed E-state index contributed by atoms with van der Waals surface area (Å²) in [4.78, 5) is 11.3. The van der Waals surface area contributed by atoms with Gasteiger partial charge in [-0.15, -0.1) is 24.0 Å². The van der Waals surface area contributed by atoms with Gasteiger partial charge in [0.2, 0.25) is 0 Å². The predicted molar refractivity (Wildman–Crippen MR) is 143 cm³/mol. The van der Waals surface area contributed by atoms with E-state index >= 15 is 0 Å². The van der Waals surface area contributed by atoms with Crippen molar-refractivity contribution in [2.24, 2.45) is 4.99 Å². The summed E-state index contributed by atoms with van der Waals surface area (Å²) in [5, 5.41) is 7.76. The highest BCUT2D eigenvalue weighted by molar-refractivity contribution is 14.0.